The van der Waals surface area contributed by atoms with Crippen molar-refractivity contribution in [3.05, 3.63) is 40.3 Å². The number of imidazole rings is 1. The van der Waals surface area contributed by atoms with E-state index in [1.54, 1.807) is 24.4 Å². The van der Waals surface area contributed by atoms with Crippen LogP contribution in [0.3, 0.4) is 0 Å². The molecule has 0 fully saturated rings. The monoisotopic (exact) mass is 345 g/mol. The van der Waals surface area contributed by atoms with Gasteiger partial charge in [0, 0.05) is 19.2 Å². The van der Waals surface area contributed by atoms with Gasteiger partial charge in [-0.3, -0.25) is 4.72 Å². The molecule has 1 N–H and O–H groups in total. The molecule has 1 aromatic carbocycles. The number of halogens is 2. The summed E-state index contributed by atoms with van der Waals surface area (Å²) in [5.74, 6) is 0.798. The predicted octanol–water partition coefficient (Wildman–Crippen LogP) is 3.33. The number of nitrogens with zero attached hydrogens (tertiary/aromatic N) is 2. The van der Waals surface area contributed by atoms with E-state index >= 15 is 0 Å². The molecular weight excluding hydrogens is 333 g/mol. The molecule has 2 heterocycles. The van der Waals surface area contributed by atoms with Crippen LogP contribution in [0.2, 0.25) is 10.0 Å². The van der Waals surface area contributed by atoms with E-state index < -0.39 is 10.0 Å². The zero-order valence-corrected chi connectivity index (χ0v) is 13.3. The van der Waals surface area contributed by atoms with Crippen LogP contribution in [0.5, 0.6) is 0 Å². The Kier molecular flexibility index (Phi) is 3.86. The van der Waals surface area contributed by atoms with Crippen molar-refractivity contribution in [1.29, 1.82) is 0 Å². The van der Waals surface area contributed by atoms with Crippen molar-refractivity contribution in [1.82, 2.24) is 9.55 Å². The number of benzene rings is 1. The van der Waals surface area contributed by atoms with E-state index in [1.807, 2.05) is 4.57 Å². The van der Waals surface area contributed by atoms with Crippen LogP contribution < -0.4 is 4.72 Å². The highest BCUT2D eigenvalue weighted by Gasteiger charge is 2.23. The van der Waals surface area contributed by atoms with Gasteiger partial charge in [-0.05, 0) is 25.0 Å². The molecule has 21 heavy (non-hydrogen) atoms. The van der Waals surface area contributed by atoms with E-state index in [1.165, 1.54) is 0 Å². The number of nitrogens with one attached hydrogen (secondary N) is 1. The minimum absolute atomic E-state index is 0.00427. The Morgan fingerprint density at radius 2 is 1.90 bits per heavy atom. The van der Waals surface area contributed by atoms with Crippen LogP contribution in [0.1, 0.15) is 18.7 Å². The first-order valence-corrected chi connectivity index (χ1v) is 8.74. The highest BCUT2D eigenvalue weighted by Crippen LogP contribution is 2.31. The van der Waals surface area contributed by atoms with E-state index in [2.05, 4.69) is 9.71 Å². The highest BCUT2D eigenvalue weighted by atomic mass is 35.5. The maximum Gasteiger partial charge on any atom is 0.281 e. The minimum Gasteiger partial charge on any atom is -0.333 e. The van der Waals surface area contributed by atoms with Crippen molar-refractivity contribution in [3.8, 4) is 0 Å². The number of aromatic nitrogens is 2. The summed E-state index contributed by atoms with van der Waals surface area (Å²) in [6, 6.07) is 4.80. The fourth-order valence-corrected chi connectivity index (χ4v) is 3.99. The van der Waals surface area contributed by atoms with Gasteiger partial charge < -0.3 is 4.57 Å². The number of hydrogen-bond acceptors (Lipinski definition) is 3. The molecule has 0 saturated heterocycles. The maximum atomic E-state index is 12.4. The molecule has 0 aliphatic carbocycles. The third-order valence-electron chi connectivity index (χ3n) is 3.36. The fourth-order valence-electron chi connectivity index (χ4n) is 2.30. The van der Waals surface area contributed by atoms with Crippen molar-refractivity contribution in [2.75, 3.05) is 4.72 Å². The average Bonchev–Trinajstić information content (AvgIpc) is 2.88. The molecular formula is C13H13Cl2N3O2S. The average molecular weight is 346 g/mol. The lowest BCUT2D eigenvalue weighted by Gasteiger charge is -2.11. The van der Waals surface area contributed by atoms with Crippen LogP contribution in [0.25, 0.3) is 0 Å². The first-order valence-electron chi connectivity index (χ1n) is 6.50. The number of fused-ring (bicyclic) bond motifs is 1. The van der Waals surface area contributed by atoms with Gasteiger partial charge in [0.25, 0.3) is 10.0 Å². The summed E-state index contributed by atoms with van der Waals surface area (Å²) in [7, 11) is -3.80. The molecule has 3 rings (SSSR count). The highest BCUT2D eigenvalue weighted by molar-refractivity contribution is 7.92. The zero-order valence-electron chi connectivity index (χ0n) is 11.0. The van der Waals surface area contributed by atoms with E-state index in [9.17, 15) is 8.42 Å². The van der Waals surface area contributed by atoms with E-state index in [0.29, 0.717) is 0 Å². The summed E-state index contributed by atoms with van der Waals surface area (Å²) in [5.41, 5.74) is 0.173. The molecule has 5 nitrogen and oxygen atoms in total. The molecule has 0 bridgehead atoms. The largest absolute Gasteiger partial charge is 0.333 e. The molecule has 2 aromatic rings. The summed E-state index contributed by atoms with van der Waals surface area (Å²) >= 11 is 12.0. The van der Waals surface area contributed by atoms with Gasteiger partial charge >= 0.3 is 0 Å². The molecule has 0 amide bonds. The van der Waals surface area contributed by atoms with Crippen LogP contribution in [-0.4, -0.2) is 18.0 Å². The Labute approximate surface area is 132 Å². The van der Waals surface area contributed by atoms with E-state index in [0.717, 1.165) is 31.6 Å². The van der Waals surface area contributed by atoms with Crippen LogP contribution >= 0.6 is 23.2 Å². The molecule has 112 valence electrons. The number of hydrogen-bond donors (Lipinski definition) is 1. The topological polar surface area (TPSA) is 64.0 Å². The SMILES string of the molecule is O=S(=O)(Nc1c(Cl)cccc1Cl)c1cn2c(n1)CCCC2. The third kappa shape index (κ3) is 2.88. The van der Waals surface area contributed by atoms with Gasteiger partial charge in [-0.15, -0.1) is 0 Å². The van der Waals surface area contributed by atoms with Gasteiger partial charge in [0.1, 0.15) is 5.82 Å². The Bertz CT molecular complexity index is 743. The molecule has 0 radical (unpaired) electrons. The lowest BCUT2D eigenvalue weighted by molar-refractivity contribution is 0.522. The minimum atomic E-state index is -3.80. The molecule has 1 aliphatic rings. The van der Waals surface area contributed by atoms with E-state index in [-0.39, 0.29) is 20.8 Å². The van der Waals surface area contributed by atoms with Crippen LogP contribution in [-0.2, 0) is 23.0 Å². The second-order valence-corrected chi connectivity index (χ2v) is 7.29. The molecule has 0 atom stereocenters. The number of rotatable bonds is 3. The molecule has 1 aromatic heterocycles. The second-order valence-electron chi connectivity index (χ2n) is 4.85. The quantitative estimate of drug-likeness (QED) is 0.927. The van der Waals surface area contributed by atoms with Gasteiger partial charge in [0.2, 0.25) is 0 Å². The van der Waals surface area contributed by atoms with Gasteiger partial charge in [0.15, 0.2) is 5.03 Å². The summed E-state index contributed by atoms with van der Waals surface area (Å²) in [4.78, 5) is 4.20. The van der Waals surface area contributed by atoms with Crippen molar-refractivity contribution in [2.24, 2.45) is 0 Å². The first kappa shape index (κ1) is 14.7. The van der Waals surface area contributed by atoms with Crippen LogP contribution in [0.15, 0.2) is 29.4 Å². The Morgan fingerprint density at radius 3 is 2.57 bits per heavy atom. The summed E-state index contributed by atoms with van der Waals surface area (Å²) < 4.78 is 29.1. The van der Waals surface area contributed by atoms with Gasteiger partial charge in [0.05, 0.1) is 15.7 Å². The van der Waals surface area contributed by atoms with Crippen molar-refractivity contribution in [3.63, 3.8) is 0 Å². The molecule has 0 saturated carbocycles. The Hall–Kier alpha value is -1.24. The van der Waals surface area contributed by atoms with E-state index in [4.69, 9.17) is 23.2 Å². The predicted molar refractivity (Wildman–Crippen MR) is 82.4 cm³/mol. The van der Waals surface area contributed by atoms with Gasteiger partial charge in [-0.1, -0.05) is 29.3 Å². The first-order chi connectivity index (χ1) is 9.97. The van der Waals surface area contributed by atoms with Crippen LogP contribution in [0, 0.1) is 0 Å². The van der Waals surface area contributed by atoms with Crippen molar-refractivity contribution < 1.29 is 8.42 Å². The Balaban J connectivity index is 1.96. The smallest absolute Gasteiger partial charge is 0.281 e. The molecule has 0 unspecified atom stereocenters. The number of anilines is 1. The van der Waals surface area contributed by atoms with Crippen molar-refractivity contribution >= 4 is 38.9 Å². The fraction of sp³-hybridized carbons (Fsp3) is 0.308. The molecule has 8 heteroatoms. The lowest BCUT2D eigenvalue weighted by atomic mass is 10.2. The Morgan fingerprint density at radius 1 is 1.19 bits per heavy atom. The van der Waals surface area contributed by atoms with Crippen LogP contribution in [0.4, 0.5) is 5.69 Å². The van der Waals surface area contributed by atoms with Crippen molar-refractivity contribution in [2.45, 2.75) is 30.8 Å². The zero-order chi connectivity index (χ0) is 15.0. The standard InChI is InChI=1S/C13H13Cl2N3O2S/c14-9-4-3-5-10(15)13(9)17-21(19,20)12-8-18-7-2-1-6-11(18)16-12/h3-5,8,17H,1-2,6-7H2. The maximum absolute atomic E-state index is 12.4. The second kappa shape index (κ2) is 5.51. The lowest BCUT2D eigenvalue weighted by Crippen LogP contribution is -2.14. The van der Waals surface area contributed by atoms with Gasteiger partial charge in [-0.2, -0.15) is 8.42 Å². The number of aryl methyl sites for hydroxylation is 2. The van der Waals surface area contributed by atoms with Gasteiger partial charge in [-0.25, -0.2) is 4.98 Å². The normalized spacial score (nSPS) is 14.8. The molecule has 1 aliphatic heterocycles. The summed E-state index contributed by atoms with van der Waals surface area (Å²) in [6.07, 6.45) is 4.41. The number of para-hydroxylation sites is 1. The summed E-state index contributed by atoms with van der Waals surface area (Å²) in [5, 5.41) is 0.487. The number of sulfonamides is 1. The summed E-state index contributed by atoms with van der Waals surface area (Å²) in [6.45, 7) is 0.796. The molecule has 0 spiro atoms. The third-order valence-corrected chi connectivity index (χ3v) is 5.21.